The van der Waals surface area contributed by atoms with Crippen molar-refractivity contribution in [1.29, 1.82) is 0 Å². The van der Waals surface area contributed by atoms with Crippen LogP contribution in [0.5, 0.6) is 0 Å². The summed E-state index contributed by atoms with van der Waals surface area (Å²) in [6.45, 7) is 2.25. The lowest BCUT2D eigenvalue weighted by atomic mass is 9.90. The maximum atomic E-state index is 13.5. The van der Waals surface area contributed by atoms with Crippen LogP contribution in [0.1, 0.15) is 45.4 Å². The summed E-state index contributed by atoms with van der Waals surface area (Å²) in [5, 5.41) is 4.31. The second-order valence-electron chi connectivity index (χ2n) is 6.65. The van der Waals surface area contributed by atoms with Gasteiger partial charge < -0.3 is 0 Å². The topological polar surface area (TPSA) is 41.5 Å². The first kappa shape index (κ1) is 16.8. The van der Waals surface area contributed by atoms with Gasteiger partial charge in [-0.3, -0.25) is 4.79 Å². The molecule has 4 rings (SSSR count). The molecule has 2 aromatic rings. The number of carbonyl (C=O) groups excluding carboxylic acids is 1. The van der Waals surface area contributed by atoms with Gasteiger partial charge in [-0.15, -0.1) is 23.1 Å². The summed E-state index contributed by atoms with van der Waals surface area (Å²) in [5.74, 6) is 1.12. The van der Waals surface area contributed by atoms with Crippen LogP contribution in [0.4, 0.5) is 4.39 Å². The monoisotopic (exact) mass is 374 g/mol. The van der Waals surface area contributed by atoms with Crippen molar-refractivity contribution < 1.29 is 9.18 Å². The van der Waals surface area contributed by atoms with E-state index in [1.807, 2.05) is 6.07 Å². The van der Waals surface area contributed by atoms with Crippen LogP contribution >= 0.6 is 23.1 Å². The van der Waals surface area contributed by atoms with Gasteiger partial charge in [0.05, 0.1) is 10.6 Å². The Bertz CT molecular complexity index is 859. The first-order valence-corrected chi connectivity index (χ1v) is 10.3. The highest BCUT2D eigenvalue weighted by molar-refractivity contribution is 7.99. The molecular weight excluding hydrogens is 355 g/mol. The van der Waals surface area contributed by atoms with Crippen LogP contribution in [0.3, 0.4) is 0 Å². The number of nitrogens with zero attached hydrogens (tertiary/aromatic N) is 1. The molecule has 0 radical (unpaired) electrons. The summed E-state index contributed by atoms with van der Waals surface area (Å²) >= 11 is 3.27. The van der Waals surface area contributed by atoms with Crippen LogP contribution in [-0.2, 0) is 12.8 Å². The molecule has 1 aromatic carbocycles. The van der Waals surface area contributed by atoms with Crippen molar-refractivity contribution in [3.63, 3.8) is 0 Å². The summed E-state index contributed by atoms with van der Waals surface area (Å²) in [4.78, 5) is 15.5. The second kappa shape index (κ2) is 6.92. The third-order valence-electron chi connectivity index (χ3n) is 4.69. The molecule has 1 aromatic heterocycles. The Balaban J connectivity index is 1.53. The quantitative estimate of drug-likeness (QED) is 0.778. The number of thioether (sulfide) groups is 1. The summed E-state index contributed by atoms with van der Waals surface area (Å²) < 4.78 is 13.5. The number of nitrogens with one attached hydrogen (secondary N) is 1. The summed E-state index contributed by atoms with van der Waals surface area (Å²) in [5.41, 5.74) is 5.52. The first-order valence-electron chi connectivity index (χ1n) is 8.51. The van der Waals surface area contributed by atoms with Gasteiger partial charge in [0, 0.05) is 27.5 Å². The lowest BCUT2D eigenvalue weighted by Crippen LogP contribution is -2.21. The molecular formula is C19H19FN2OS2. The number of benzene rings is 1. The Morgan fingerprint density at radius 3 is 3.08 bits per heavy atom. The minimum Gasteiger partial charge on any atom is -0.266 e. The van der Waals surface area contributed by atoms with Crippen molar-refractivity contribution in [2.45, 2.75) is 37.5 Å². The Labute approximate surface area is 154 Å². The lowest BCUT2D eigenvalue weighted by Gasteiger charge is -2.17. The first-order chi connectivity index (χ1) is 12.1. The molecule has 3 nitrogen and oxygen atoms in total. The Morgan fingerprint density at radius 1 is 1.32 bits per heavy atom. The van der Waals surface area contributed by atoms with Gasteiger partial charge in [0.2, 0.25) is 0 Å². The Morgan fingerprint density at radius 2 is 2.20 bits per heavy atom. The van der Waals surface area contributed by atoms with E-state index in [4.69, 9.17) is 0 Å². The standard InChI is InChI=1S/C19H19FN2OS2/c1-11-2-4-16-12(8-11)9-18(25-16)19(23)22-21-15-6-7-24-17-5-3-13(20)10-14(15)17/h3,5,9-11H,2,4,6-8H2,1H3,(H,22,23)/b21-15-/t11-/m0/s1. The third-order valence-corrected chi connectivity index (χ3v) is 7.01. The van der Waals surface area contributed by atoms with Crippen LogP contribution in [0, 0.1) is 11.7 Å². The highest BCUT2D eigenvalue weighted by Gasteiger charge is 2.21. The molecule has 0 spiro atoms. The average molecular weight is 375 g/mol. The predicted octanol–water partition coefficient (Wildman–Crippen LogP) is 4.64. The van der Waals surface area contributed by atoms with Gasteiger partial charge in [-0.1, -0.05) is 6.92 Å². The van der Waals surface area contributed by atoms with Crippen LogP contribution in [0.25, 0.3) is 0 Å². The Kier molecular flexibility index (Phi) is 4.65. The van der Waals surface area contributed by atoms with E-state index in [2.05, 4.69) is 17.5 Å². The zero-order chi connectivity index (χ0) is 17.4. The molecule has 0 saturated carbocycles. The van der Waals surface area contributed by atoms with E-state index in [1.54, 1.807) is 29.2 Å². The van der Waals surface area contributed by atoms with Crippen molar-refractivity contribution in [3.05, 3.63) is 51.0 Å². The van der Waals surface area contributed by atoms with E-state index < -0.39 is 0 Å². The molecule has 1 atom stereocenters. The molecule has 2 heterocycles. The van der Waals surface area contributed by atoms with Crippen LogP contribution in [0.2, 0.25) is 0 Å². The van der Waals surface area contributed by atoms with E-state index in [1.165, 1.54) is 29.0 Å². The second-order valence-corrected chi connectivity index (χ2v) is 8.92. The zero-order valence-electron chi connectivity index (χ0n) is 14.0. The summed E-state index contributed by atoms with van der Waals surface area (Å²) in [7, 11) is 0. The normalized spacial score (nSPS) is 20.9. The number of carbonyl (C=O) groups is 1. The number of halogens is 1. The maximum Gasteiger partial charge on any atom is 0.281 e. The number of hydrogen-bond acceptors (Lipinski definition) is 4. The maximum absolute atomic E-state index is 13.5. The molecule has 2 aliphatic rings. The van der Waals surface area contributed by atoms with Crippen LogP contribution in [-0.4, -0.2) is 17.4 Å². The highest BCUT2D eigenvalue weighted by Crippen LogP contribution is 2.33. The molecule has 130 valence electrons. The van der Waals surface area contributed by atoms with Crippen molar-refractivity contribution in [2.24, 2.45) is 11.0 Å². The van der Waals surface area contributed by atoms with Crippen molar-refractivity contribution in [2.75, 3.05) is 5.75 Å². The molecule has 1 amide bonds. The van der Waals surface area contributed by atoms with E-state index in [0.29, 0.717) is 10.8 Å². The third kappa shape index (κ3) is 3.51. The molecule has 0 fully saturated rings. The highest BCUT2D eigenvalue weighted by atomic mass is 32.2. The van der Waals surface area contributed by atoms with Crippen molar-refractivity contribution >= 4 is 34.7 Å². The number of hydrogen-bond donors (Lipinski definition) is 1. The number of fused-ring (bicyclic) bond motifs is 2. The van der Waals surface area contributed by atoms with Gasteiger partial charge in [0.25, 0.3) is 5.91 Å². The fourth-order valence-corrected chi connectivity index (χ4v) is 5.46. The minimum atomic E-state index is -0.277. The summed E-state index contributed by atoms with van der Waals surface area (Å²) in [6, 6.07) is 6.75. The zero-order valence-corrected chi connectivity index (χ0v) is 15.6. The molecule has 0 unspecified atom stereocenters. The average Bonchev–Trinajstić information content (AvgIpc) is 3.02. The van der Waals surface area contributed by atoms with E-state index in [0.717, 1.165) is 41.2 Å². The fourth-order valence-electron chi connectivity index (χ4n) is 3.35. The molecule has 6 heteroatoms. The van der Waals surface area contributed by atoms with E-state index in [9.17, 15) is 9.18 Å². The number of rotatable bonds is 2. The molecule has 1 aliphatic heterocycles. The van der Waals surface area contributed by atoms with Gasteiger partial charge in [-0.05, 0) is 55.0 Å². The van der Waals surface area contributed by atoms with E-state index >= 15 is 0 Å². The lowest BCUT2D eigenvalue weighted by molar-refractivity contribution is 0.0958. The number of aryl methyl sites for hydroxylation is 1. The minimum absolute atomic E-state index is 0.171. The van der Waals surface area contributed by atoms with Gasteiger partial charge >= 0.3 is 0 Å². The molecule has 0 bridgehead atoms. The smallest absolute Gasteiger partial charge is 0.266 e. The van der Waals surface area contributed by atoms with Gasteiger partial charge in [0.1, 0.15) is 5.82 Å². The van der Waals surface area contributed by atoms with Gasteiger partial charge in [-0.25, -0.2) is 9.82 Å². The van der Waals surface area contributed by atoms with E-state index in [-0.39, 0.29) is 11.7 Å². The molecule has 1 N–H and O–H groups in total. The molecule has 0 saturated heterocycles. The molecule has 25 heavy (non-hydrogen) atoms. The van der Waals surface area contributed by atoms with Gasteiger partial charge in [0.15, 0.2) is 0 Å². The number of hydrazone groups is 1. The Hall–Kier alpha value is -1.66. The largest absolute Gasteiger partial charge is 0.281 e. The number of amides is 1. The van der Waals surface area contributed by atoms with Crippen LogP contribution < -0.4 is 5.43 Å². The number of thiophene rings is 1. The SMILES string of the molecule is C[C@H]1CCc2sc(C(=O)N/N=C3/CCSc4ccc(F)cc43)cc2C1. The fraction of sp³-hybridized carbons (Fsp3) is 0.368. The van der Waals surface area contributed by atoms with Crippen molar-refractivity contribution in [1.82, 2.24) is 5.43 Å². The predicted molar refractivity (Wildman–Crippen MR) is 101 cm³/mol. The van der Waals surface area contributed by atoms with Crippen LogP contribution in [0.15, 0.2) is 34.3 Å². The molecule has 1 aliphatic carbocycles. The van der Waals surface area contributed by atoms with Gasteiger partial charge in [-0.2, -0.15) is 5.10 Å². The summed E-state index contributed by atoms with van der Waals surface area (Å²) in [6.07, 6.45) is 4.03. The van der Waals surface area contributed by atoms with Crippen molar-refractivity contribution in [3.8, 4) is 0 Å².